The summed E-state index contributed by atoms with van der Waals surface area (Å²) >= 11 is 1.37. The van der Waals surface area contributed by atoms with Crippen LogP contribution in [0.15, 0.2) is 54.6 Å². The van der Waals surface area contributed by atoms with Gasteiger partial charge in [-0.3, -0.25) is 4.79 Å². The number of methoxy groups -OCH3 is 1. The van der Waals surface area contributed by atoms with E-state index in [2.05, 4.69) is 17.4 Å². The van der Waals surface area contributed by atoms with E-state index in [0.29, 0.717) is 10.6 Å². The average Bonchev–Trinajstić information content (AvgIpc) is 2.99. The molecule has 0 saturated heterocycles. The van der Waals surface area contributed by atoms with Crippen molar-refractivity contribution in [1.82, 2.24) is 4.98 Å². The summed E-state index contributed by atoms with van der Waals surface area (Å²) in [7, 11) is 1.67. The van der Waals surface area contributed by atoms with Crippen molar-refractivity contribution in [3.63, 3.8) is 0 Å². The number of pyridine rings is 1. The van der Waals surface area contributed by atoms with Gasteiger partial charge in [0.25, 0.3) is 5.91 Å². The van der Waals surface area contributed by atoms with Crippen LogP contribution in [0.2, 0.25) is 0 Å². The smallest absolute Gasteiger partial charge is 0.267 e. The van der Waals surface area contributed by atoms with E-state index in [4.69, 9.17) is 15.5 Å². The van der Waals surface area contributed by atoms with Gasteiger partial charge in [0, 0.05) is 16.8 Å². The number of benzene rings is 2. The molecule has 0 fully saturated rings. The lowest BCUT2D eigenvalue weighted by Crippen LogP contribution is -2.11. The number of rotatable bonds is 4. The maximum absolute atomic E-state index is 13.1. The predicted molar refractivity (Wildman–Crippen MR) is 132 cm³/mol. The van der Waals surface area contributed by atoms with Gasteiger partial charge in [0.2, 0.25) is 0 Å². The lowest BCUT2D eigenvalue weighted by Gasteiger charge is -2.15. The number of aryl methyl sites for hydroxylation is 1. The first-order valence-corrected chi connectivity index (χ1v) is 11.7. The second kappa shape index (κ2) is 8.63. The van der Waals surface area contributed by atoms with Gasteiger partial charge in [-0.2, -0.15) is 0 Å². The standard InChI is InChI=1S/C26H25N3O2S/c1-31-18-14-12-16(13-15-18)21-19-10-6-3-7-11-20(19)29-26-22(21)23(27)24(32-26)25(30)28-17-8-4-2-5-9-17/h2,4-5,8-9,12-15H,3,6-7,10-11,27H2,1H3,(H,28,30). The lowest BCUT2D eigenvalue weighted by atomic mass is 9.92. The number of carbonyl (C=O) groups is 1. The van der Waals surface area contributed by atoms with Crippen molar-refractivity contribution in [2.45, 2.75) is 32.1 Å². The zero-order valence-corrected chi connectivity index (χ0v) is 18.8. The number of nitrogens with zero attached hydrogens (tertiary/aromatic N) is 1. The third kappa shape index (κ3) is 3.71. The topological polar surface area (TPSA) is 77.2 Å². The number of amides is 1. The SMILES string of the molecule is COc1ccc(-c2c3c(nc4sc(C(=O)Nc5ccccc5)c(N)c24)CCCCC3)cc1. The molecule has 5 nitrogen and oxygen atoms in total. The normalized spacial score (nSPS) is 13.4. The zero-order valence-electron chi connectivity index (χ0n) is 18.0. The first-order valence-electron chi connectivity index (χ1n) is 10.9. The van der Waals surface area contributed by atoms with Crippen LogP contribution in [-0.2, 0) is 12.8 Å². The number of aromatic nitrogens is 1. The maximum atomic E-state index is 13.1. The van der Waals surface area contributed by atoms with E-state index in [1.165, 1.54) is 23.3 Å². The van der Waals surface area contributed by atoms with E-state index in [-0.39, 0.29) is 5.91 Å². The van der Waals surface area contributed by atoms with Crippen molar-refractivity contribution < 1.29 is 9.53 Å². The highest BCUT2D eigenvalue weighted by Crippen LogP contribution is 2.44. The number of nitrogens with one attached hydrogen (secondary N) is 1. The van der Waals surface area contributed by atoms with Crippen LogP contribution in [0.25, 0.3) is 21.3 Å². The Morgan fingerprint density at radius 1 is 1.03 bits per heavy atom. The summed E-state index contributed by atoms with van der Waals surface area (Å²) < 4.78 is 5.35. The van der Waals surface area contributed by atoms with E-state index in [0.717, 1.165) is 64.2 Å². The molecule has 1 amide bonds. The highest BCUT2D eigenvalue weighted by Gasteiger charge is 2.25. The van der Waals surface area contributed by atoms with Crippen molar-refractivity contribution in [3.8, 4) is 16.9 Å². The minimum absolute atomic E-state index is 0.201. The van der Waals surface area contributed by atoms with Gasteiger partial charge < -0.3 is 15.8 Å². The Morgan fingerprint density at radius 2 is 1.78 bits per heavy atom. The molecule has 0 spiro atoms. The fourth-order valence-electron chi connectivity index (χ4n) is 4.44. The molecule has 0 atom stereocenters. The summed E-state index contributed by atoms with van der Waals surface area (Å²) in [5, 5.41) is 3.85. The molecule has 3 N–H and O–H groups in total. The summed E-state index contributed by atoms with van der Waals surface area (Å²) in [6.07, 6.45) is 5.40. The summed E-state index contributed by atoms with van der Waals surface area (Å²) in [6, 6.07) is 17.5. The third-order valence-electron chi connectivity index (χ3n) is 6.02. The Bertz CT molecular complexity index is 1280. The van der Waals surface area contributed by atoms with Crippen LogP contribution < -0.4 is 15.8 Å². The van der Waals surface area contributed by atoms with Crippen molar-refractivity contribution in [1.29, 1.82) is 0 Å². The number of carbonyl (C=O) groups excluding carboxylic acids is 1. The molecule has 0 unspecified atom stereocenters. The van der Waals surface area contributed by atoms with Crippen LogP contribution >= 0.6 is 11.3 Å². The zero-order chi connectivity index (χ0) is 22.1. The molecule has 2 aromatic heterocycles. The molecule has 1 aliphatic carbocycles. The van der Waals surface area contributed by atoms with E-state index < -0.39 is 0 Å². The monoisotopic (exact) mass is 443 g/mol. The molecule has 0 bridgehead atoms. The largest absolute Gasteiger partial charge is 0.497 e. The van der Waals surface area contributed by atoms with E-state index in [1.807, 2.05) is 42.5 Å². The number of para-hydroxylation sites is 1. The average molecular weight is 444 g/mol. The summed E-state index contributed by atoms with van der Waals surface area (Å²) in [5.74, 6) is 0.610. The van der Waals surface area contributed by atoms with Gasteiger partial charge in [-0.15, -0.1) is 11.3 Å². The fraction of sp³-hybridized carbons (Fsp3) is 0.231. The van der Waals surface area contributed by atoms with Gasteiger partial charge in [-0.05, 0) is 66.6 Å². The van der Waals surface area contributed by atoms with Gasteiger partial charge in [0.15, 0.2) is 0 Å². The molecule has 0 saturated carbocycles. The Labute approximate surface area is 191 Å². The van der Waals surface area contributed by atoms with Crippen LogP contribution in [0.4, 0.5) is 11.4 Å². The Morgan fingerprint density at radius 3 is 2.53 bits per heavy atom. The number of hydrogen-bond donors (Lipinski definition) is 2. The van der Waals surface area contributed by atoms with Gasteiger partial charge >= 0.3 is 0 Å². The molecule has 5 rings (SSSR count). The van der Waals surface area contributed by atoms with Gasteiger partial charge in [0.05, 0.1) is 12.8 Å². The molecule has 0 radical (unpaired) electrons. The van der Waals surface area contributed by atoms with Gasteiger partial charge in [-0.25, -0.2) is 4.98 Å². The molecule has 0 aliphatic heterocycles. The molecule has 32 heavy (non-hydrogen) atoms. The molecule has 6 heteroatoms. The molecule has 162 valence electrons. The van der Waals surface area contributed by atoms with Crippen molar-refractivity contribution in [3.05, 3.63) is 70.7 Å². The van der Waals surface area contributed by atoms with Crippen LogP contribution in [0, 0.1) is 0 Å². The molecule has 1 aliphatic rings. The number of ether oxygens (including phenoxy) is 1. The quantitative estimate of drug-likeness (QED) is 0.375. The van der Waals surface area contributed by atoms with Crippen molar-refractivity contribution in [2.75, 3.05) is 18.2 Å². The summed E-state index contributed by atoms with van der Waals surface area (Å²) in [5.41, 5.74) is 12.5. The first kappa shape index (κ1) is 20.5. The Hall–Kier alpha value is -3.38. The lowest BCUT2D eigenvalue weighted by molar-refractivity contribution is 0.103. The van der Waals surface area contributed by atoms with Crippen LogP contribution in [-0.4, -0.2) is 18.0 Å². The molecule has 2 heterocycles. The van der Waals surface area contributed by atoms with Gasteiger partial charge in [-0.1, -0.05) is 36.8 Å². The number of thiophene rings is 1. The molecular formula is C26H25N3O2S. The Kier molecular flexibility index (Phi) is 5.53. The van der Waals surface area contributed by atoms with Crippen molar-refractivity contribution in [2.24, 2.45) is 0 Å². The molecule has 4 aromatic rings. The second-order valence-electron chi connectivity index (χ2n) is 8.05. The van der Waals surface area contributed by atoms with E-state index in [1.54, 1.807) is 7.11 Å². The van der Waals surface area contributed by atoms with Crippen LogP contribution in [0.5, 0.6) is 5.75 Å². The highest BCUT2D eigenvalue weighted by molar-refractivity contribution is 7.21. The van der Waals surface area contributed by atoms with E-state index in [9.17, 15) is 4.79 Å². The Balaban J connectivity index is 1.68. The van der Waals surface area contributed by atoms with Crippen molar-refractivity contribution >= 4 is 38.8 Å². The second-order valence-corrected chi connectivity index (χ2v) is 9.05. The van der Waals surface area contributed by atoms with Crippen LogP contribution in [0.1, 0.15) is 40.2 Å². The third-order valence-corrected chi connectivity index (χ3v) is 7.12. The molecular weight excluding hydrogens is 418 g/mol. The number of fused-ring (bicyclic) bond motifs is 2. The maximum Gasteiger partial charge on any atom is 0.267 e. The summed E-state index contributed by atoms with van der Waals surface area (Å²) in [6.45, 7) is 0. The predicted octanol–water partition coefficient (Wildman–Crippen LogP) is 6.08. The number of anilines is 2. The fourth-order valence-corrected chi connectivity index (χ4v) is 5.46. The number of nitrogen functional groups attached to an aromatic ring is 1. The number of hydrogen-bond acceptors (Lipinski definition) is 5. The molecule has 2 aromatic carbocycles. The minimum atomic E-state index is -0.201. The van der Waals surface area contributed by atoms with E-state index >= 15 is 0 Å². The van der Waals surface area contributed by atoms with Gasteiger partial charge in [0.1, 0.15) is 15.5 Å². The minimum Gasteiger partial charge on any atom is -0.497 e. The number of nitrogens with two attached hydrogens (primary N) is 1. The van der Waals surface area contributed by atoms with Crippen LogP contribution in [0.3, 0.4) is 0 Å². The highest BCUT2D eigenvalue weighted by atomic mass is 32.1. The summed E-state index contributed by atoms with van der Waals surface area (Å²) in [4.78, 5) is 19.4. The first-order chi connectivity index (χ1) is 15.7.